The van der Waals surface area contributed by atoms with E-state index in [0.717, 1.165) is 0 Å². The number of nitrogens with one attached hydrogen (secondary N) is 1. The van der Waals surface area contributed by atoms with Crippen molar-refractivity contribution in [1.82, 2.24) is 5.32 Å². The van der Waals surface area contributed by atoms with Crippen molar-refractivity contribution in [1.29, 1.82) is 0 Å². The van der Waals surface area contributed by atoms with Gasteiger partial charge in [-0.25, -0.2) is 0 Å². The van der Waals surface area contributed by atoms with Gasteiger partial charge in [-0.1, -0.05) is 6.42 Å². The molecule has 2 N–H and O–H groups in total. The first-order valence-electron chi connectivity index (χ1n) is 5.58. The Hall–Kier alpha value is -0.610. The van der Waals surface area contributed by atoms with Crippen LogP contribution in [0.3, 0.4) is 0 Å². The van der Waals surface area contributed by atoms with E-state index in [1.807, 2.05) is 0 Å². The Labute approximate surface area is 91.0 Å². The number of hydrogen-bond acceptors (Lipinski definition) is 4. The SMILES string of the molecule is COC(=O)C(NC(C)C1CCC1)C(C)O. The minimum absolute atomic E-state index is 0.262. The molecule has 0 aromatic carbocycles. The molecule has 0 saturated heterocycles. The minimum Gasteiger partial charge on any atom is -0.468 e. The summed E-state index contributed by atoms with van der Waals surface area (Å²) in [7, 11) is 1.34. The fourth-order valence-electron chi connectivity index (χ4n) is 1.89. The molecule has 4 nitrogen and oxygen atoms in total. The number of methoxy groups -OCH3 is 1. The van der Waals surface area contributed by atoms with Crippen molar-refractivity contribution in [3.05, 3.63) is 0 Å². The molecular weight excluding hydrogens is 194 g/mol. The van der Waals surface area contributed by atoms with Gasteiger partial charge in [0.2, 0.25) is 0 Å². The van der Waals surface area contributed by atoms with Crippen LogP contribution in [0.25, 0.3) is 0 Å². The lowest BCUT2D eigenvalue weighted by molar-refractivity contribution is -0.146. The first kappa shape index (κ1) is 12.5. The highest BCUT2D eigenvalue weighted by molar-refractivity contribution is 5.76. The van der Waals surface area contributed by atoms with Crippen LogP contribution in [0.15, 0.2) is 0 Å². The molecule has 1 aliphatic rings. The van der Waals surface area contributed by atoms with Crippen LogP contribution in [0.2, 0.25) is 0 Å². The van der Waals surface area contributed by atoms with Crippen molar-refractivity contribution in [3.8, 4) is 0 Å². The number of hydrogen-bond donors (Lipinski definition) is 2. The Balaban J connectivity index is 2.45. The second kappa shape index (κ2) is 5.47. The normalized spacial score (nSPS) is 22.7. The third-order valence-electron chi connectivity index (χ3n) is 3.24. The molecule has 1 saturated carbocycles. The highest BCUT2D eigenvalue weighted by Crippen LogP contribution is 2.29. The van der Waals surface area contributed by atoms with Crippen molar-refractivity contribution in [2.24, 2.45) is 5.92 Å². The molecule has 1 aliphatic carbocycles. The van der Waals surface area contributed by atoms with E-state index < -0.39 is 18.1 Å². The van der Waals surface area contributed by atoms with Crippen LogP contribution < -0.4 is 5.32 Å². The van der Waals surface area contributed by atoms with Gasteiger partial charge in [-0.2, -0.15) is 0 Å². The number of rotatable bonds is 5. The van der Waals surface area contributed by atoms with E-state index in [1.54, 1.807) is 6.92 Å². The van der Waals surface area contributed by atoms with Gasteiger partial charge < -0.3 is 9.84 Å². The molecule has 3 atom stereocenters. The van der Waals surface area contributed by atoms with Crippen LogP contribution in [0.4, 0.5) is 0 Å². The average Bonchev–Trinajstić information content (AvgIpc) is 2.09. The minimum atomic E-state index is -0.722. The molecule has 0 aromatic heterocycles. The summed E-state index contributed by atoms with van der Waals surface area (Å²) in [4.78, 5) is 11.4. The number of aliphatic hydroxyl groups excluding tert-OH is 1. The number of carbonyl (C=O) groups is 1. The van der Waals surface area contributed by atoms with E-state index in [-0.39, 0.29) is 6.04 Å². The van der Waals surface area contributed by atoms with Gasteiger partial charge in [-0.3, -0.25) is 10.1 Å². The van der Waals surface area contributed by atoms with Crippen LogP contribution in [-0.2, 0) is 9.53 Å². The maximum Gasteiger partial charge on any atom is 0.325 e. The number of esters is 1. The highest BCUT2D eigenvalue weighted by atomic mass is 16.5. The molecule has 0 amide bonds. The zero-order chi connectivity index (χ0) is 11.4. The molecule has 0 heterocycles. The van der Waals surface area contributed by atoms with E-state index >= 15 is 0 Å². The quantitative estimate of drug-likeness (QED) is 0.662. The lowest BCUT2D eigenvalue weighted by Gasteiger charge is -2.34. The lowest BCUT2D eigenvalue weighted by atomic mass is 9.80. The van der Waals surface area contributed by atoms with Crippen molar-refractivity contribution in [3.63, 3.8) is 0 Å². The summed E-state index contributed by atoms with van der Waals surface area (Å²) in [6.45, 7) is 3.66. The Morgan fingerprint density at radius 1 is 1.47 bits per heavy atom. The maximum atomic E-state index is 11.4. The molecule has 4 heteroatoms. The van der Waals surface area contributed by atoms with E-state index in [4.69, 9.17) is 0 Å². The van der Waals surface area contributed by atoms with Crippen molar-refractivity contribution in [2.75, 3.05) is 7.11 Å². The van der Waals surface area contributed by atoms with Crippen LogP contribution >= 0.6 is 0 Å². The average molecular weight is 215 g/mol. The lowest BCUT2D eigenvalue weighted by Crippen LogP contribution is -2.52. The predicted octanol–water partition coefficient (Wildman–Crippen LogP) is 0.687. The van der Waals surface area contributed by atoms with Crippen LogP contribution in [0, 0.1) is 5.92 Å². The van der Waals surface area contributed by atoms with Gasteiger partial charge in [-0.15, -0.1) is 0 Å². The van der Waals surface area contributed by atoms with E-state index in [0.29, 0.717) is 5.92 Å². The Morgan fingerprint density at radius 3 is 2.40 bits per heavy atom. The summed E-state index contributed by atoms with van der Waals surface area (Å²) in [6.07, 6.45) is 2.97. The van der Waals surface area contributed by atoms with E-state index in [1.165, 1.54) is 26.4 Å². The smallest absolute Gasteiger partial charge is 0.325 e. The molecule has 1 fully saturated rings. The summed E-state index contributed by atoms with van der Waals surface area (Å²) < 4.78 is 4.64. The molecule has 3 unspecified atom stereocenters. The summed E-state index contributed by atoms with van der Waals surface area (Å²) in [5, 5.41) is 12.6. The summed E-state index contributed by atoms with van der Waals surface area (Å²) in [5.74, 6) is 0.243. The molecule has 15 heavy (non-hydrogen) atoms. The van der Waals surface area contributed by atoms with Gasteiger partial charge in [0.15, 0.2) is 0 Å². The number of carbonyl (C=O) groups excluding carboxylic acids is 1. The zero-order valence-electron chi connectivity index (χ0n) is 9.69. The fraction of sp³-hybridized carbons (Fsp3) is 0.909. The first-order chi connectivity index (χ1) is 7.06. The van der Waals surface area contributed by atoms with Crippen LogP contribution in [0.1, 0.15) is 33.1 Å². The fourth-order valence-corrected chi connectivity index (χ4v) is 1.89. The molecule has 0 aliphatic heterocycles. The maximum absolute atomic E-state index is 11.4. The largest absolute Gasteiger partial charge is 0.468 e. The monoisotopic (exact) mass is 215 g/mol. The summed E-state index contributed by atoms with van der Waals surface area (Å²) in [6, 6.07) is -0.344. The zero-order valence-corrected chi connectivity index (χ0v) is 9.69. The Morgan fingerprint density at radius 2 is 2.07 bits per heavy atom. The van der Waals surface area contributed by atoms with Gasteiger partial charge in [-0.05, 0) is 32.6 Å². The predicted molar refractivity (Wildman–Crippen MR) is 57.4 cm³/mol. The van der Waals surface area contributed by atoms with Gasteiger partial charge in [0.05, 0.1) is 13.2 Å². The van der Waals surface area contributed by atoms with Crippen molar-refractivity contribution in [2.45, 2.75) is 51.3 Å². The molecule has 0 aromatic rings. The highest BCUT2D eigenvalue weighted by Gasteiger charge is 2.30. The number of ether oxygens (including phenoxy) is 1. The van der Waals surface area contributed by atoms with Crippen molar-refractivity contribution >= 4 is 5.97 Å². The van der Waals surface area contributed by atoms with E-state index in [2.05, 4.69) is 17.0 Å². The molecule has 0 radical (unpaired) electrons. The Bertz CT molecular complexity index is 214. The summed E-state index contributed by atoms with van der Waals surface area (Å²) in [5.41, 5.74) is 0. The molecule has 1 rings (SSSR count). The molecule has 88 valence electrons. The topological polar surface area (TPSA) is 58.6 Å². The molecular formula is C11H21NO3. The second-order valence-corrected chi connectivity index (χ2v) is 4.39. The second-order valence-electron chi connectivity index (χ2n) is 4.39. The van der Waals surface area contributed by atoms with Gasteiger partial charge in [0.1, 0.15) is 6.04 Å². The third-order valence-corrected chi connectivity index (χ3v) is 3.24. The van der Waals surface area contributed by atoms with Crippen molar-refractivity contribution < 1.29 is 14.6 Å². The van der Waals surface area contributed by atoms with Crippen LogP contribution in [-0.4, -0.2) is 36.4 Å². The summed E-state index contributed by atoms with van der Waals surface area (Å²) >= 11 is 0. The van der Waals surface area contributed by atoms with Gasteiger partial charge in [0.25, 0.3) is 0 Å². The third kappa shape index (κ3) is 3.18. The number of aliphatic hydroxyl groups is 1. The first-order valence-corrected chi connectivity index (χ1v) is 5.58. The molecule has 0 spiro atoms. The van der Waals surface area contributed by atoms with Crippen LogP contribution in [0.5, 0.6) is 0 Å². The standard InChI is InChI=1S/C11H21NO3/c1-7(9-5-4-6-9)12-10(8(2)13)11(14)15-3/h7-10,12-13H,4-6H2,1-3H3. The van der Waals surface area contributed by atoms with E-state index in [9.17, 15) is 9.90 Å². The van der Waals surface area contributed by atoms with Gasteiger partial charge in [0, 0.05) is 6.04 Å². The molecule has 0 bridgehead atoms. The Kier molecular flexibility index (Phi) is 4.54. The van der Waals surface area contributed by atoms with Gasteiger partial charge >= 0.3 is 5.97 Å².